The first kappa shape index (κ1) is 19.6. The first-order valence-corrected chi connectivity index (χ1v) is 9.46. The van der Waals surface area contributed by atoms with Gasteiger partial charge in [0.25, 0.3) is 0 Å². The van der Waals surface area contributed by atoms with E-state index in [0.29, 0.717) is 12.5 Å². The van der Waals surface area contributed by atoms with Gasteiger partial charge < -0.3 is 9.64 Å². The summed E-state index contributed by atoms with van der Waals surface area (Å²) >= 11 is 0. The summed E-state index contributed by atoms with van der Waals surface area (Å²) < 4.78 is 44.6. The van der Waals surface area contributed by atoms with Crippen molar-refractivity contribution in [3.63, 3.8) is 0 Å². The van der Waals surface area contributed by atoms with Gasteiger partial charge in [0.1, 0.15) is 0 Å². The molecule has 2 atom stereocenters. The number of alkyl halides is 3. The van der Waals surface area contributed by atoms with E-state index in [1.165, 1.54) is 12.1 Å². The van der Waals surface area contributed by atoms with Gasteiger partial charge in [-0.25, -0.2) is 0 Å². The summed E-state index contributed by atoms with van der Waals surface area (Å²) in [7, 11) is 4.31. The number of likely N-dealkylation sites (N-methyl/N-ethyl adjacent to an activating group) is 2. The Morgan fingerprint density at radius 3 is 2.81 bits per heavy atom. The van der Waals surface area contributed by atoms with Gasteiger partial charge in [-0.05, 0) is 64.4 Å². The van der Waals surface area contributed by atoms with Gasteiger partial charge in [0.05, 0.1) is 12.2 Å². The van der Waals surface area contributed by atoms with Crippen LogP contribution >= 0.6 is 0 Å². The first-order valence-electron chi connectivity index (χ1n) is 9.46. The topological polar surface area (TPSA) is 15.7 Å². The number of hydrogen-bond acceptors (Lipinski definition) is 3. The summed E-state index contributed by atoms with van der Waals surface area (Å²) in [5.41, 5.74) is 0.213. The maximum absolute atomic E-state index is 13.0. The third-order valence-corrected chi connectivity index (χ3v) is 6.08. The predicted octanol–water partition coefficient (Wildman–Crippen LogP) is 3.82. The molecule has 1 aromatic carbocycles. The lowest BCUT2D eigenvalue weighted by atomic mass is 9.81. The van der Waals surface area contributed by atoms with Gasteiger partial charge >= 0.3 is 6.18 Å². The second-order valence-corrected chi connectivity index (χ2v) is 7.89. The average molecular weight is 370 g/mol. The van der Waals surface area contributed by atoms with E-state index >= 15 is 0 Å². The monoisotopic (exact) mass is 370 g/mol. The molecule has 2 saturated heterocycles. The molecule has 6 heteroatoms. The zero-order chi connectivity index (χ0) is 18.8. The Bertz CT molecular complexity index is 601. The predicted molar refractivity (Wildman–Crippen MR) is 96.2 cm³/mol. The molecule has 0 amide bonds. The van der Waals surface area contributed by atoms with Crippen LogP contribution in [-0.2, 0) is 17.3 Å². The minimum atomic E-state index is -4.28. The number of benzene rings is 1. The molecule has 0 unspecified atom stereocenters. The molecule has 146 valence electrons. The van der Waals surface area contributed by atoms with Crippen LogP contribution in [0, 0.1) is 0 Å². The summed E-state index contributed by atoms with van der Waals surface area (Å²) in [6.07, 6.45) is 0.490. The van der Waals surface area contributed by atoms with E-state index in [0.717, 1.165) is 63.6 Å². The quantitative estimate of drug-likeness (QED) is 0.784. The molecule has 1 aromatic rings. The van der Waals surface area contributed by atoms with Crippen LogP contribution in [0.25, 0.3) is 0 Å². The Labute approximate surface area is 154 Å². The van der Waals surface area contributed by atoms with Crippen LogP contribution in [0.15, 0.2) is 24.3 Å². The van der Waals surface area contributed by atoms with E-state index in [2.05, 4.69) is 23.9 Å². The molecular weight excluding hydrogens is 341 g/mol. The smallest absolute Gasteiger partial charge is 0.380 e. The second-order valence-electron chi connectivity index (χ2n) is 7.89. The minimum absolute atomic E-state index is 0.000393. The van der Waals surface area contributed by atoms with Crippen LogP contribution in [0.5, 0.6) is 0 Å². The Morgan fingerprint density at radius 2 is 2.15 bits per heavy atom. The van der Waals surface area contributed by atoms with Crippen LogP contribution in [0.1, 0.15) is 36.8 Å². The highest BCUT2D eigenvalue weighted by atomic mass is 19.4. The first-order chi connectivity index (χ1) is 12.3. The van der Waals surface area contributed by atoms with Crippen LogP contribution in [0.3, 0.4) is 0 Å². The third kappa shape index (κ3) is 4.41. The maximum Gasteiger partial charge on any atom is 0.416 e. The van der Waals surface area contributed by atoms with Gasteiger partial charge in [0.15, 0.2) is 0 Å². The van der Waals surface area contributed by atoms with Crippen LogP contribution in [0.4, 0.5) is 13.2 Å². The van der Waals surface area contributed by atoms with Gasteiger partial charge in [0.2, 0.25) is 0 Å². The van der Waals surface area contributed by atoms with Gasteiger partial charge in [-0.3, -0.25) is 4.90 Å². The van der Waals surface area contributed by atoms with Crippen LogP contribution in [0.2, 0.25) is 0 Å². The summed E-state index contributed by atoms with van der Waals surface area (Å²) in [6, 6.07) is 6.19. The molecule has 2 aliphatic heterocycles. The Balaban J connectivity index is 1.76. The highest BCUT2D eigenvalue weighted by Crippen LogP contribution is 2.35. The average Bonchev–Trinajstić information content (AvgIpc) is 3.13. The summed E-state index contributed by atoms with van der Waals surface area (Å²) in [4.78, 5) is 4.81. The molecule has 3 nitrogen and oxygen atoms in total. The number of aryl methyl sites for hydroxylation is 1. The summed E-state index contributed by atoms with van der Waals surface area (Å²) in [5.74, 6) is 0. The molecule has 0 N–H and O–H groups in total. The normalized spacial score (nSPS) is 28.0. The zero-order valence-electron chi connectivity index (χ0n) is 15.7. The number of halogens is 3. The van der Waals surface area contributed by atoms with Crippen molar-refractivity contribution in [2.75, 3.05) is 40.4 Å². The lowest BCUT2D eigenvalue weighted by Gasteiger charge is -2.50. The van der Waals surface area contributed by atoms with Gasteiger partial charge in [-0.15, -0.1) is 0 Å². The second kappa shape index (κ2) is 7.87. The van der Waals surface area contributed by atoms with Crippen molar-refractivity contribution in [1.82, 2.24) is 9.80 Å². The SMILES string of the molecule is CN1CCC[C@](CCc2cccc(C(F)(F)F)c2)(N(C)[C@H]2CCOC2)C1. The van der Waals surface area contributed by atoms with E-state index in [1.807, 2.05) is 6.07 Å². The Hall–Kier alpha value is -1.11. The molecule has 0 saturated carbocycles. The molecule has 26 heavy (non-hydrogen) atoms. The fraction of sp³-hybridized carbons (Fsp3) is 0.700. The zero-order valence-corrected chi connectivity index (χ0v) is 15.7. The van der Waals surface area contributed by atoms with Gasteiger partial charge in [-0.1, -0.05) is 18.2 Å². The Kier molecular flexibility index (Phi) is 5.94. The molecular formula is C20H29F3N2O. The standard InChI is InChI=1S/C20H29F3N2O/c1-24-11-4-9-19(15-24,25(2)18-8-12-26-14-18)10-7-16-5-3-6-17(13-16)20(21,22)23/h3,5-6,13,18H,4,7-12,14-15H2,1-2H3/t18-,19+/m0/s1. The third-order valence-electron chi connectivity index (χ3n) is 6.08. The fourth-order valence-corrected chi connectivity index (χ4v) is 4.50. The molecule has 3 rings (SSSR count). The highest BCUT2D eigenvalue weighted by Gasteiger charge is 2.41. The number of likely N-dealkylation sites (tertiary alicyclic amines) is 1. The molecule has 2 heterocycles. The molecule has 0 radical (unpaired) electrons. The Morgan fingerprint density at radius 1 is 1.35 bits per heavy atom. The highest BCUT2D eigenvalue weighted by molar-refractivity contribution is 5.26. The summed E-state index contributed by atoms with van der Waals surface area (Å²) in [5, 5.41) is 0. The minimum Gasteiger partial charge on any atom is -0.380 e. The molecule has 2 fully saturated rings. The molecule has 0 aliphatic carbocycles. The van der Waals surface area contributed by atoms with Gasteiger partial charge in [0, 0.05) is 24.7 Å². The van der Waals surface area contributed by atoms with Crippen molar-refractivity contribution in [3.8, 4) is 0 Å². The van der Waals surface area contributed by atoms with E-state index < -0.39 is 11.7 Å². The number of nitrogens with zero attached hydrogens (tertiary/aromatic N) is 2. The van der Waals surface area contributed by atoms with Crippen LogP contribution < -0.4 is 0 Å². The van der Waals surface area contributed by atoms with Crippen molar-refractivity contribution >= 4 is 0 Å². The number of rotatable bonds is 5. The summed E-state index contributed by atoms with van der Waals surface area (Å²) in [6.45, 7) is 3.60. The lowest BCUT2D eigenvalue weighted by Crippen LogP contribution is -2.60. The maximum atomic E-state index is 13.0. The van der Waals surface area contributed by atoms with Crippen molar-refractivity contribution in [2.24, 2.45) is 0 Å². The number of piperidine rings is 1. The lowest BCUT2D eigenvalue weighted by molar-refractivity contribution is -0.137. The van der Waals surface area contributed by atoms with E-state index in [9.17, 15) is 13.2 Å². The molecule has 2 aliphatic rings. The largest absolute Gasteiger partial charge is 0.416 e. The van der Waals surface area contributed by atoms with Crippen molar-refractivity contribution in [2.45, 2.75) is 49.9 Å². The van der Waals surface area contributed by atoms with Crippen molar-refractivity contribution < 1.29 is 17.9 Å². The van der Waals surface area contributed by atoms with Crippen molar-refractivity contribution in [3.05, 3.63) is 35.4 Å². The molecule has 0 spiro atoms. The molecule has 0 aromatic heterocycles. The van der Waals surface area contributed by atoms with E-state index in [-0.39, 0.29) is 5.54 Å². The van der Waals surface area contributed by atoms with Gasteiger partial charge in [-0.2, -0.15) is 13.2 Å². The fourth-order valence-electron chi connectivity index (χ4n) is 4.50. The van der Waals surface area contributed by atoms with Crippen molar-refractivity contribution in [1.29, 1.82) is 0 Å². The number of ether oxygens (including phenoxy) is 1. The van der Waals surface area contributed by atoms with E-state index in [4.69, 9.17) is 4.74 Å². The number of hydrogen-bond donors (Lipinski definition) is 0. The van der Waals surface area contributed by atoms with Crippen LogP contribution in [-0.4, -0.2) is 61.8 Å². The molecule has 0 bridgehead atoms. The van der Waals surface area contributed by atoms with E-state index in [1.54, 1.807) is 0 Å².